The minimum atomic E-state index is -0.0861. The topological polar surface area (TPSA) is 61.4 Å². The first-order chi connectivity index (χ1) is 8.75. The Balaban J connectivity index is 1.76. The molecule has 1 aromatic rings. The average molecular weight is 246 g/mol. The average Bonchev–Trinajstić information content (AvgIpc) is 2.77. The molecular weight excluding hydrogens is 228 g/mol. The van der Waals surface area contributed by atoms with E-state index in [9.17, 15) is 9.90 Å². The molecular formula is C14H18N2O2. The summed E-state index contributed by atoms with van der Waals surface area (Å²) in [5.41, 5.74) is 2.18. The van der Waals surface area contributed by atoms with Crippen molar-refractivity contribution in [2.75, 3.05) is 6.54 Å². The largest absolute Gasteiger partial charge is 0.508 e. The van der Waals surface area contributed by atoms with Crippen LogP contribution in [0.4, 0.5) is 0 Å². The number of hydrogen-bond acceptors (Lipinski definition) is 3. The quantitative estimate of drug-likeness (QED) is 0.736. The van der Waals surface area contributed by atoms with Crippen molar-refractivity contribution in [2.45, 2.75) is 37.8 Å². The molecule has 1 heterocycles. The molecule has 2 unspecified atom stereocenters. The predicted octanol–water partition coefficient (Wildman–Crippen LogP) is 1.25. The maximum absolute atomic E-state index is 11.7. The molecule has 0 spiro atoms. The van der Waals surface area contributed by atoms with E-state index < -0.39 is 0 Å². The third-order valence-corrected chi connectivity index (χ3v) is 3.93. The van der Waals surface area contributed by atoms with Crippen LogP contribution < -0.4 is 10.6 Å². The highest BCUT2D eigenvalue weighted by atomic mass is 16.3. The number of amides is 1. The van der Waals surface area contributed by atoms with E-state index in [0.29, 0.717) is 5.75 Å². The normalized spacial score (nSPS) is 26.8. The molecule has 4 nitrogen and oxygen atoms in total. The van der Waals surface area contributed by atoms with Gasteiger partial charge in [-0.1, -0.05) is 12.1 Å². The second-order valence-corrected chi connectivity index (χ2v) is 5.09. The van der Waals surface area contributed by atoms with Crippen molar-refractivity contribution in [1.29, 1.82) is 0 Å². The van der Waals surface area contributed by atoms with Crippen molar-refractivity contribution in [1.82, 2.24) is 10.6 Å². The first-order valence-corrected chi connectivity index (χ1v) is 6.60. The van der Waals surface area contributed by atoms with Crippen molar-refractivity contribution in [2.24, 2.45) is 0 Å². The van der Waals surface area contributed by atoms with Crippen LogP contribution in [0.5, 0.6) is 5.75 Å². The Kier molecular flexibility index (Phi) is 2.96. The van der Waals surface area contributed by atoms with Crippen LogP contribution in [-0.4, -0.2) is 23.6 Å². The second-order valence-electron chi connectivity index (χ2n) is 5.09. The van der Waals surface area contributed by atoms with Crippen molar-refractivity contribution in [3.05, 3.63) is 29.3 Å². The van der Waals surface area contributed by atoms with Crippen LogP contribution in [0.2, 0.25) is 0 Å². The van der Waals surface area contributed by atoms with Crippen LogP contribution in [0.3, 0.4) is 0 Å². The zero-order chi connectivity index (χ0) is 12.5. The van der Waals surface area contributed by atoms with Gasteiger partial charge in [-0.3, -0.25) is 10.1 Å². The van der Waals surface area contributed by atoms with E-state index in [4.69, 9.17) is 0 Å². The van der Waals surface area contributed by atoms with Crippen molar-refractivity contribution < 1.29 is 9.90 Å². The number of nitrogens with one attached hydrogen (secondary N) is 2. The Bertz CT molecular complexity index is 473. The lowest BCUT2D eigenvalue weighted by Gasteiger charge is -2.26. The predicted molar refractivity (Wildman–Crippen MR) is 68.3 cm³/mol. The molecule has 18 heavy (non-hydrogen) atoms. The fraction of sp³-hybridized carbons (Fsp3) is 0.500. The van der Waals surface area contributed by atoms with Gasteiger partial charge in [-0.05, 0) is 42.9 Å². The molecule has 0 radical (unpaired) electrons. The second kappa shape index (κ2) is 4.61. The lowest BCUT2D eigenvalue weighted by Crippen LogP contribution is -2.49. The zero-order valence-electron chi connectivity index (χ0n) is 10.3. The van der Waals surface area contributed by atoms with E-state index in [-0.39, 0.29) is 18.0 Å². The summed E-state index contributed by atoms with van der Waals surface area (Å²) in [6.45, 7) is 0.791. The lowest BCUT2D eigenvalue weighted by atomic mass is 10.0. The van der Waals surface area contributed by atoms with E-state index in [1.165, 1.54) is 0 Å². The van der Waals surface area contributed by atoms with Gasteiger partial charge in [0.2, 0.25) is 5.91 Å². The molecule has 1 aliphatic heterocycles. The first-order valence-electron chi connectivity index (χ1n) is 6.60. The summed E-state index contributed by atoms with van der Waals surface area (Å²) in [6.07, 6.45) is 3.77. The Hall–Kier alpha value is -1.55. The standard InChI is InChI=1S/C14H18N2O2/c17-13-5-1-3-9-10(13)6-7-11(9)16-12-4-2-8-15-14(12)18/h1,3,5,11-12,16-17H,2,4,6-8H2,(H,15,18). The summed E-state index contributed by atoms with van der Waals surface area (Å²) in [5.74, 6) is 0.486. The Morgan fingerprint density at radius 1 is 1.28 bits per heavy atom. The lowest BCUT2D eigenvalue weighted by molar-refractivity contribution is -0.124. The molecule has 1 aliphatic carbocycles. The van der Waals surface area contributed by atoms with Gasteiger partial charge in [0.1, 0.15) is 5.75 Å². The molecule has 4 heteroatoms. The van der Waals surface area contributed by atoms with Gasteiger partial charge in [0.15, 0.2) is 0 Å². The van der Waals surface area contributed by atoms with E-state index in [1.54, 1.807) is 6.07 Å². The minimum Gasteiger partial charge on any atom is -0.508 e. The summed E-state index contributed by atoms with van der Waals surface area (Å²) in [5, 5.41) is 16.1. The summed E-state index contributed by atoms with van der Waals surface area (Å²) in [4.78, 5) is 11.7. The molecule has 96 valence electrons. The Morgan fingerprint density at radius 2 is 2.17 bits per heavy atom. The van der Waals surface area contributed by atoms with Crippen LogP contribution in [-0.2, 0) is 11.2 Å². The molecule has 1 fully saturated rings. The van der Waals surface area contributed by atoms with Crippen molar-refractivity contribution in [3.63, 3.8) is 0 Å². The van der Waals surface area contributed by atoms with E-state index in [0.717, 1.165) is 43.4 Å². The van der Waals surface area contributed by atoms with Crippen molar-refractivity contribution >= 4 is 5.91 Å². The highest BCUT2D eigenvalue weighted by Crippen LogP contribution is 2.36. The molecule has 1 aromatic carbocycles. The molecule has 3 N–H and O–H groups in total. The Labute approximate surface area is 106 Å². The zero-order valence-corrected chi connectivity index (χ0v) is 10.3. The molecule has 1 saturated heterocycles. The summed E-state index contributed by atoms with van der Waals surface area (Å²) in [6, 6.07) is 5.75. The molecule has 2 atom stereocenters. The number of hydrogen-bond donors (Lipinski definition) is 3. The van der Waals surface area contributed by atoms with Gasteiger partial charge in [-0.2, -0.15) is 0 Å². The van der Waals surface area contributed by atoms with Gasteiger partial charge in [-0.25, -0.2) is 0 Å². The molecule has 0 aromatic heterocycles. The molecule has 3 rings (SSSR count). The molecule has 2 aliphatic rings. The highest BCUT2D eigenvalue weighted by molar-refractivity contribution is 5.82. The van der Waals surface area contributed by atoms with Crippen LogP contribution in [0.15, 0.2) is 18.2 Å². The Morgan fingerprint density at radius 3 is 3.00 bits per heavy atom. The first kappa shape index (κ1) is 11.5. The maximum Gasteiger partial charge on any atom is 0.237 e. The number of aromatic hydroxyl groups is 1. The fourth-order valence-corrected chi connectivity index (χ4v) is 2.98. The molecule has 0 saturated carbocycles. The van der Waals surface area contributed by atoms with E-state index in [2.05, 4.69) is 10.6 Å². The minimum absolute atomic E-state index is 0.0861. The molecule has 1 amide bonds. The number of piperidine rings is 1. The SMILES string of the molecule is O=C1NCCCC1NC1CCc2c(O)cccc21. The number of phenols is 1. The maximum atomic E-state index is 11.7. The summed E-state index contributed by atoms with van der Waals surface area (Å²) < 4.78 is 0. The number of fused-ring (bicyclic) bond motifs is 1. The molecule has 0 bridgehead atoms. The van der Waals surface area contributed by atoms with Gasteiger partial charge in [-0.15, -0.1) is 0 Å². The van der Waals surface area contributed by atoms with Gasteiger partial charge in [0.25, 0.3) is 0 Å². The van der Waals surface area contributed by atoms with E-state index >= 15 is 0 Å². The number of rotatable bonds is 2. The van der Waals surface area contributed by atoms with Crippen LogP contribution in [0.1, 0.15) is 36.4 Å². The van der Waals surface area contributed by atoms with Crippen LogP contribution in [0.25, 0.3) is 0 Å². The number of carbonyl (C=O) groups is 1. The fourth-order valence-electron chi connectivity index (χ4n) is 2.98. The smallest absolute Gasteiger partial charge is 0.237 e. The number of phenolic OH excluding ortho intramolecular Hbond substituents is 1. The van der Waals surface area contributed by atoms with Gasteiger partial charge >= 0.3 is 0 Å². The summed E-state index contributed by atoms with van der Waals surface area (Å²) in [7, 11) is 0. The van der Waals surface area contributed by atoms with Gasteiger partial charge in [0, 0.05) is 12.6 Å². The van der Waals surface area contributed by atoms with Crippen molar-refractivity contribution in [3.8, 4) is 5.75 Å². The van der Waals surface area contributed by atoms with E-state index in [1.807, 2.05) is 12.1 Å². The van der Waals surface area contributed by atoms with Gasteiger partial charge in [0.05, 0.1) is 6.04 Å². The number of benzene rings is 1. The third kappa shape index (κ3) is 1.97. The van der Waals surface area contributed by atoms with Gasteiger partial charge < -0.3 is 10.4 Å². The van der Waals surface area contributed by atoms with Crippen LogP contribution >= 0.6 is 0 Å². The third-order valence-electron chi connectivity index (χ3n) is 3.93. The summed E-state index contributed by atoms with van der Waals surface area (Å²) >= 11 is 0. The highest BCUT2D eigenvalue weighted by Gasteiger charge is 2.30. The number of carbonyl (C=O) groups excluding carboxylic acids is 1. The van der Waals surface area contributed by atoms with Crippen LogP contribution in [0, 0.1) is 0 Å². The monoisotopic (exact) mass is 246 g/mol.